The van der Waals surface area contributed by atoms with Crippen LogP contribution in [-0.2, 0) is 0 Å². The van der Waals surface area contributed by atoms with E-state index in [9.17, 15) is 9.90 Å². The SMILES string of the molecule is CCSc1ccccc1NC(=O)NC[C@@H]1CCC[C@@H]1O. The molecule has 0 spiro atoms. The first-order valence-corrected chi connectivity index (χ1v) is 8.14. The number of amides is 2. The van der Waals surface area contributed by atoms with E-state index in [0.29, 0.717) is 6.54 Å². The summed E-state index contributed by atoms with van der Waals surface area (Å²) in [5, 5.41) is 15.5. The highest BCUT2D eigenvalue weighted by molar-refractivity contribution is 7.99. The van der Waals surface area contributed by atoms with Gasteiger partial charge >= 0.3 is 6.03 Å². The Kier molecular flexibility index (Phi) is 5.73. The second kappa shape index (κ2) is 7.55. The normalized spacial score (nSPS) is 21.7. The standard InChI is InChI=1S/C15H22N2O2S/c1-2-20-14-9-4-3-7-12(14)17-15(19)16-10-11-6-5-8-13(11)18/h3-4,7,9,11,13,18H,2,5-6,8,10H2,1H3,(H2,16,17,19)/t11-,13-/m0/s1. The van der Waals surface area contributed by atoms with Gasteiger partial charge in [-0.25, -0.2) is 4.79 Å². The summed E-state index contributed by atoms with van der Waals surface area (Å²) < 4.78 is 0. The van der Waals surface area contributed by atoms with Crippen LogP contribution in [-0.4, -0.2) is 29.5 Å². The number of benzene rings is 1. The number of carbonyl (C=O) groups is 1. The number of aliphatic hydroxyl groups excluding tert-OH is 1. The van der Waals surface area contributed by atoms with Crippen LogP contribution in [0.5, 0.6) is 0 Å². The Morgan fingerprint density at radius 3 is 2.90 bits per heavy atom. The average molecular weight is 294 g/mol. The topological polar surface area (TPSA) is 61.4 Å². The summed E-state index contributed by atoms with van der Waals surface area (Å²) in [5.74, 6) is 1.16. The predicted molar refractivity (Wildman–Crippen MR) is 83.2 cm³/mol. The highest BCUT2D eigenvalue weighted by Crippen LogP contribution is 2.27. The van der Waals surface area contributed by atoms with E-state index in [0.717, 1.165) is 35.6 Å². The van der Waals surface area contributed by atoms with Gasteiger partial charge in [-0.1, -0.05) is 25.5 Å². The summed E-state index contributed by atoms with van der Waals surface area (Å²) in [7, 11) is 0. The fraction of sp³-hybridized carbons (Fsp3) is 0.533. The molecular formula is C15H22N2O2S. The van der Waals surface area contributed by atoms with Gasteiger partial charge in [0.25, 0.3) is 0 Å². The Morgan fingerprint density at radius 2 is 2.20 bits per heavy atom. The van der Waals surface area contributed by atoms with Crippen LogP contribution in [0.15, 0.2) is 29.2 Å². The maximum absolute atomic E-state index is 11.9. The summed E-state index contributed by atoms with van der Waals surface area (Å²) in [4.78, 5) is 13.0. The molecule has 2 amide bonds. The smallest absolute Gasteiger partial charge is 0.319 e. The van der Waals surface area contributed by atoms with Crippen LogP contribution in [0.1, 0.15) is 26.2 Å². The Bertz CT molecular complexity index is 453. The summed E-state index contributed by atoms with van der Waals surface area (Å²) in [6, 6.07) is 7.59. The van der Waals surface area contributed by atoms with Gasteiger partial charge in [-0.3, -0.25) is 0 Å². The van der Waals surface area contributed by atoms with Crippen molar-refractivity contribution in [2.24, 2.45) is 5.92 Å². The third-order valence-electron chi connectivity index (χ3n) is 3.58. The number of rotatable bonds is 5. The summed E-state index contributed by atoms with van der Waals surface area (Å²) >= 11 is 1.71. The molecule has 1 saturated carbocycles. The molecule has 0 bridgehead atoms. The van der Waals surface area contributed by atoms with Crippen molar-refractivity contribution < 1.29 is 9.90 Å². The number of hydrogen-bond acceptors (Lipinski definition) is 3. The van der Waals surface area contributed by atoms with Crippen LogP contribution in [0.25, 0.3) is 0 Å². The fourth-order valence-electron chi connectivity index (χ4n) is 2.50. The number of thioether (sulfide) groups is 1. The molecule has 2 rings (SSSR count). The zero-order chi connectivity index (χ0) is 14.4. The highest BCUT2D eigenvalue weighted by Gasteiger charge is 2.25. The number of anilines is 1. The molecular weight excluding hydrogens is 272 g/mol. The van der Waals surface area contributed by atoms with E-state index in [-0.39, 0.29) is 18.1 Å². The molecule has 1 fully saturated rings. The Balaban J connectivity index is 1.85. The van der Waals surface area contributed by atoms with E-state index in [1.54, 1.807) is 11.8 Å². The van der Waals surface area contributed by atoms with Crippen LogP contribution >= 0.6 is 11.8 Å². The van der Waals surface area contributed by atoms with Gasteiger partial charge in [0.15, 0.2) is 0 Å². The number of aliphatic hydroxyl groups is 1. The number of hydrogen-bond donors (Lipinski definition) is 3. The number of carbonyl (C=O) groups excluding carboxylic acids is 1. The molecule has 4 nitrogen and oxygen atoms in total. The lowest BCUT2D eigenvalue weighted by molar-refractivity contribution is 0.133. The molecule has 0 unspecified atom stereocenters. The lowest BCUT2D eigenvalue weighted by Gasteiger charge is -2.16. The van der Waals surface area contributed by atoms with Crippen molar-refractivity contribution in [3.05, 3.63) is 24.3 Å². The van der Waals surface area contributed by atoms with Crippen LogP contribution in [0.2, 0.25) is 0 Å². The lowest BCUT2D eigenvalue weighted by Crippen LogP contribution is -2.35. The molecule has 0 saturated heterocycles. The summed E-state index contributed by atoms with van der Waals surface area (Å²) in [6.07, 6.45) is 2.62. The zero-order valence-electron chi connectivity index (χ0n) is 11.8. The van der Waals surface area contributed by atoms with Gasteiger partial charge in [0.1, 0.15) is 0 Å². The van der Waals surface area contributed by atoms with E-state index >= 15 is 0 Å². The third-order valence-corrected chi connectivity index (χ3v) is 4.53. The van der Waals surface area contributed by atoms with Crippen LogP contribution in [0.4, 0.5) is 10.5 Å². The van der Waals surface area contributed by atoms with Gasteiger partial charge in [0.05, 0.1) is 11.8 Å². The highest BCUT2D eigenvalue weighted by atomic mass is 32.2. The van der Waals surface area contributed by atoms with Gasteiger partial charge in [0.2, 0.25) is 0 Å². The van der Waals surface area contributed by atoms with Crippen LogP contribution in [0.3, 0.4) is 0 Å². The lowest BCUT2D eigenvalue weighted by atomic mass is 10.1. The minimum atomic E-state index is -0.266. The van der Waals surface area contributed by atoms with Gasteiger partial charge in [-0.05, 0) is 30.7 Å². The number of para-hydroxylation sites is 1. The van der Waals surface area contributed by atoms with E-state index in [1.807, 2.05) is 24.3 Å². The van der Waals surface area contributed by atoms with Crippen molar-refractivity contribution in [1.29, 1.82) is 0 Å². The first kappa shape index (κ1) is 15.2. The molecule has 20 heavy (non-hydrogen) atoms. The van der Waals surface area contributed by atoms with E-state index in [4.69, 9.17) is 0 Å². The molecule has 3 N–H and O–H groups in total. The van der Waals surface area contributed by atoms with Gasteiger partial charge in [0, 0.05) is 17.4 Å². The van der Waals surface area contributed by atoms with Crippen LogP contribution < -0.4 is 10.6 Å². The molecule has 1 aromatic carbocycles. The zero-order valence-corrected chi connectivity index (χ0v) is 12.6. The van der Waals surface area contributed by atoms with Gasteiger partial charge in [-0.2, -0.15) is 0 Å². The molecule has 1 aliphatic carbocycles. The van der Waals surface area contributed by atoms with Crippen molar-refractivity contribution in [1.82, 2.24) is 5.32 Å². The quantitative estimate of drug-likeness (QED) is 0.731. The second-order valence-electron chi connectivity index (χ2n) is 5.02. The molecule has 1 aliphatic rings. The van der Waals surface area contributed by atoms with Crippen molar-refractivity contribution in [3.8, 4) is 0 Å². The molecule has 0 heterocycles. The third kappa shape index (κ3) is 4.15. The molecule has 5 heteroatoms. The Hall–Kier alpha value is -1.20. The fourth-order valence-corrected chi connectivity index (χ4v) is 3.26. The van der Waals surface area contributed by atoms with Gasteiger partial charge in [-0.15, -0.1) is 11.8 Å². The average Bonchev–Trinajstić information content (AvgIpc) is 2.84. The molecule has 0 radical (unpaired) electrons. The van der Waals surface area contributed by atoms with E-state index < -0.39 is 0 Å². The molecule has 0 aliphatic heterocycles. The Morgan fingerprint density at radius 1 is 1.40 bits per heavy atom. The van der Waals surface area contributed by atoms with Gasteiger partial charge < -0.3 is 15.7 Å². The van der Waals surface area contributed by atoms with E-state index in [2.05, 4.69) is 17.6 Å². The predicted octanol–water partition coefficient (Wildman–Crippen LogP) is 3.08. The molecule has 2 atom stereocenters. The van der Waals surface area contributed by atoms with Crippen LogP contribution in [0, 0.1) is 5.92 Å². The maximum Gasteiger partial charge on any atom is 0.319 e. The first-order chi connectivity index (χ1) is 9.70. The summed E-state index contributed by atoms with van der Waals surface area (Å²) in [6.45, 7) is 2.62. The number of urea groups is 1. The second-order valence-corrected chi connectivity index (χ2v) is 6.33. The molecule has 110 valence electrons. The monoisotopic (exact) mass is 294 g/mol. The first-order valence-electron chi connectivity index (χ1n) is 7.15. The van der Waals surface area contributed by atoms with E-state index in [1.165, 1.54) is 0 Å². The summed E-state index contributed by atoms with van der Waals surface area (Å²) in [5.41, 5.74) is 0.837. The number of nitrogens with one attached hydrogen (secondary N) is 2. The largest absolute Gasteiger partial charge is 0.393 e. The Labute approximate surface area is 124 Å². The molecule has 0 aromatic heterocycles. The minimum absolute atomic E-state index is 0.195. The molecule has 1 aromatic rings. The van der Waals surface area contributed by atoms with Crippen molar-refractivity contribution in [2.45, 2.75) is 37.2 Å². The minimum Gasteiger partial charge on any atom is -0.393 e. The van der Waals surface area contributed by atoms with Crippen molar-refractivity contribution in [3.63, 3.8) is 0 Å². The van der Waals surface area contributed by atoms with Crippen molar-refractivity contribution >= 4 is 23.5 Å². The maximum atomic E-state index is 11.9. The van der Waals surface area contributed by atoms with Crippen molar-refractivity contribution in [2.75, 3.05) is 17.6 Å².